The minimum absolute atomic E-state index is 0.144. The van der Waals surface area contributed by atoms with E-state index in [2.05, 4.69) is 0 Å². The molecule has 0 aliphatic heterocycles. The number of phenolic OH excluding ortho intramolecular Hbond substituents is 1. The largest absolute Gasteiger partial charge is 0.508 e. The molecule has 1 rings (SSSR count). The van der Waals surface area contributed by atoms with Crippen LogP contribution in [0, 0.1) is 6.92 Å². The Morgan fingerprint density at radius 2 is 1.92 bits per heavy atom. The minimum atomic E-state index is -1.20. The van der Waals surface area contributed by atoms with Crippen LogP contribution in [0.1, 0.15) is 15.9 Å². The summed E-state index contributed by atoms with van der Waals surface area (Å²) < 4.78 is 0. The molecule has 0 saturated carbocycles. The molecule has 64 valence electrons. The zero-order valence-electron chi connectivity index (χ0n) is 6.40. The topological polar surface area (TPSA) is 77.8 Å². The van der Waals surface area contributed by atoms with Gasteiger partial charge in [0.25, 0.3) is 0 Å². The lowest BCUT2D eigenvalue weighted by molar-refractivity contribution is 0.0693. The second-order valence-corrected chi connectivity index (χ2v) is 2.46. The van der Waals surface area contributed by atoms with Gasteiger partial charge in [0.05, 0.1) is 0 Å². The van der Waals surface area contributed by atoms with E-state index in [4.69, 9.17) is 15.3 Å². The van der Waals surface area contributed by atoms with Crippen molar-refractivity contribution in [2.45, 2.75) is 6.92 Å². The molecule has 0 radical (unpaired) electrons. The molecule has 0 bridgehead atoms. The van der Waals surface area contributed by atoms with Gasteiger partial charge in [-0.1, -0.05) is 0 Å². The second kappa shape index (κ2) is 2.73. The summed E-state index contributed by atoms with van der Waals surface area (Å²) in [6, 6.07) is 2.28. The first-order chi connectivity index (χ1) is 5.52. The van der Waals surface area contributed by atoms with E-state index < -0.39 is 11.7 Å². The molecule has 0 heterocycles. The highest BCUT2D eigenvalue weighted by molar-refractivity contribution is 5.92. The molecule has 4 heteroatoms. The molecular weight excluding hydrogens is 160 g/mol. The number of rotatable bonds is 1. The molecule has 1 aromatic carbocycles. The van der Waals surface area contributed by atoms with Gasteiger partial charge < -0.3 is 15.3 Å². The van der Waals surface area contributed by atoms with Gasteiger partial charge in [-0.3, -0.25) is 0 Å². The molecule has 0 aliphatic carbocycles. The van der Waals surface area contributed by atoms with Crippen molar-refractivity contribution in [2.24, 2.45) is 0 Å². The van der Waals surface area contributed by atoms with E-state index in [9.17, 15) is 4.79 Å². The van der Waals surface area contributed by atoms with Crippen molar-refractivity contribution in [3.63, 3.8) is 0 Å². The van der Waals surface area contributed by atoms with Gasteiger partial charge in [0.15, 0.2) is 0 Å². The molecule has 0 fully saturated rings. The van der Waals surface area contributed by atoms with Gasteiger partial charge in [-0.25, -0.2) is 4.79 Å². The Balaban J connectivity index is 3.38. The maximum atomic E-state index is 10.5. The summed E-state index contributed by atoms with van der Waals surface area (Å²) in [5.41, 5.74) is 0.160. The Morgan fingerprint density at radius 1 is 1.33 bits per heavy atom. The normalized spacial score (nSPS) is 9.75. The zero-order chi connectivity index (χ0) is 9.30. The third-order valence-electron chi connectivity index (χ3n) is 1.51. The predicted molar refractivity (Wildman–Crippen MR) is 41.5 cm³/mol. The van der Waals surface area contributed by atoms with Crippen molar-refractivity contribution in [3.05, 3.63) is 23.3 Å². The Morgan fingerprint density at radius 3 is 2.33 bits per heavy atom. The standard InChI is InChI=1S/C8H8O4/c1-4-2-5(9)3-6(10)7(4)8(11)12/h2-3,9-10H,1H3,(H,11,12). The van der Waals surface area contributed by atoms with E-state index in [0.717, 1.165) is 6.07 Å². The molecule has 4 nitrogen and oxygen atoms in total. The molecule has 0 atom stereocenters. The number of phenols is 2. The van der Waals surface area contributed by atoms with Crippen molar-refractivity contribution in [2.75, 3.05) is 0 Å². The summed E-state index contributed by atoms with van der Waals surface area (Å²) in [6.45, 7) is 1.50. The van der Waals surface area contributed by atoms with Crippen LogP contribution in [0.2, 0.25) is 0 Å². The maximum Gasteiger partial charge on any atom is 0.339 e. The van der Waals surface area contributed by atoms with Gasteiger partial charge in [-0.2, -0.15) is 0 Å². The molecular formula is C8H8O4. The molecule has 0 unspecified atom stereocenters. The lowest BCUT2D eigenvalue weighted by atomic mass is 10.1. The van der Waals surface area contributed by atoms with Crippen molar-refractivity contribution in [1.29, 1.82) is 0 Å². The SMILES string of the molecule is Cc1cc(O)cc(O)c1C(=O)O. The van der Waals surface area contributed by atoms with E-state index >= 15 is 0 Å². The third-order valence-corrected chi connectivity index (χ3v) is 1.51. The van der Waals surface area contributed by atoms with Gasteiger partial charge in [-0.15, -0.1) is 0 Å². The first-order valence-electron chi connectivity index (χ1n) is 3.28. The van der Waals surface area contributed by atoms with Crippen LogP contribution in [0.5, 0.6) is 11.5 Å². The molecule has 0 aliphatic rings. The van der Waals surface area contributed by atoms with E-state index in [1.807, 2.05) is 0 Å². The third kappa shape index (κ3) is 1.32. The molecule has 12 heavy (non-hydrogen) atoms. The summed E-state index contributed by atoms with van der Waals surface area (Å²) >= 11 is 0. The second-order valence-electron chi connectivity index (χ2n) is 2.46. The van der Waals surface area contributed by atoms with E-state index in [-0.39, 0.29) is 11.3 Å². The number of hydrogen-bond donors (Lipinski definition) is 3. The first-order valence-corrected chi connectivity index (χ1v) is 3.28. The Bertz CT molecular complexity index is 307. The number of carboxylic acids is 1. The van der Waals surface area contributed by atoms with Gasteiger partial charge in [-0.05, 0) is 18.6 Å². The molecule has 0 amide bonds. The van der Waals surface area contributed by atoms with Crippen LogP contribution in [-0.2, 0) is 0 Å². The minimum Gasteiger partial charge on any atom is -0.508 e. The summed E-state index contributed by atoms with van der Waals surface area (Å²) in [6.07, 6.45) is 0. The maximum absolute atomic E-state index is 10.5. The lowest BCUT2D eigenvalue weighted by Gasteiger charge is -2.03. The highest BCUT2D eigenvalue weighted by atomic mass is 16.4. The number of aromatic carboxylic acids is 1. The number of aryl methyl sites for hydroxylation is 1. The summed E-state index contributed by atoms with van der Waals surface area (Å²) in [5, 5.41) is 26.6. The molecule has 0 saturated heterocycles. The average Bonchev–Trinajstić information content (AvgIpc) is 1.82. The number of aromatic hydroxyl groups is 2. The summed E-state index contributed by atoms with van der Waals surface area (Å²) in [5.74, 6) is -1.76. The molecule has 0 spiro atoms. The number of benzene rings is 1. The Labute approximate surface area is 68.7 Å². The number of hydrogen-bond acceptors (Lipinski definition) is 3. The Hall–Kier alpha value is -1.71. The van der Waals surface area contributed by atoms with Crippen LogP contribution in [0.15, 0.2) is 12.1 Å². The van der Waals surface area contributed by atoms with Gasteiger partial charge in [0.2, 0.25) is 0 Å². The highest BCUT2D eigenvalue weighted by Gasteiger charge is 2.13. The molecule has 1 aromatic rings. The molecule has 3 N–H and O–H groups in total. The van der Waals surface area contributed by atoms with Crippen molar-refractivity contribution >= 4 is 5.97 Å². The van der Waals surface area contributed by atoms with Gasteiger partial charge >= 0.3 is 5.97 Å². The van der Waals surface area contributed by atoms with Crippen LogP contribution < -0.4 is 0 Å². The van der Waals surface area contributed by atoms with Crippen molar-refractivity contribution in [1.82, 2.24) is 0 Å². The predicted octanol–water partition coefficient (Wildman–Crippen LogP) is 1.10. The van der Waals surface area contributed by atoms with Crippen LogP contribution in [0.25, 0.3) is 0 Å². The number of carboxylic acid groups (broad SMARTS) is 1. The quantitative estimate of drug-likeness (QED) is 0.586. The van der Waals surface area contributed by atoms with E-state index in [0.29, 0.717) is 5.56 Å². The monoisotopic (exact) mass is 168 g/mol. The summed E-state index contributed by atoms with van der Waals surface area (Å²) in [7, 11) is 0. The fourth-order valence-electron chi connectivity index (χ4n) is 1.03. The fraction of sp³-hybridized carbons (Fsp3) is 0.125. The Kier molecular flexibility index (Phi) is 1.91. The van der Waals surface area contributed by atoms with Crippen molar-refractivity contribution in [3.8, 4) is 11.5 Å². The summed E-state index contributed by atoms with van der Waals surface area (Å²) in [4.78, 5) is 10.5. The molecule has 0 aromatic heterocycles. The number of carbonyl (C=O) groups is 1. The zero-order valence-corrected chi connectivity index (χ0v) is 6.40. The van der Waals surface area contributed by atoms with E-state index in [1.54, 1.807) is 0 Å². The lowest BCUT2D eigenvalue weighted by Crippen LogP contribution is -1.99. The highest BCUT2D eigenvalue weighted by Crippen LogP contribution is 2.26. The van der Waals surface area contributed by atoms with Gasteiger partial charge in [0, 0.05) is 6.07 Å². The van der Waals surface area contributed by atoms with Crippen LogP contribution >= 0.6 is 0 Å². The van der Waals surface area contributed by atoms with Crippen LogP contribution in [0.4, 0.5) is 0 Å². The van der Waals surface area contributed by atoms with Crippen molar-refractivity contribution < 1.29 is 20.1 Å². The smallest absolute Gasteiger partial charge is 0.339 e. The fourth-order valence-corrected chi connectivity index (χ4v) is 1.03. The first kappa shape index (κ1) is 8.39. The van der Waals surface area contributed by atoms with E-state index in [1.165, 1.54) is 13.0 Å². The average molecular weight is 168 g/mol. The van der Waals surface area contributed by atoms with Crippen LogP contribution in [-0.4, -0.2) is 21.3 Å². The van der Waals surface area contributed by atoms with Crippen LogP contribution in [0.3, 0.4) is 0 Å². The van der Waals surface area contributed by atoms with Gasteiger partial charge in [0.1, 0.15) is 17.1 Å².